The first kappa shape index (κ1) is 14.7. The minimum absolute atomic E-state index is 0.507. The fraction of sp³-hybridized carbons (Fsp3) is 0.412. The normalized spacial score (nSPS) is 14.1. The zero-order chi connectivity index (χ0) is 13.2. The molecule has 18 heavy (non-hydrogen) atoms. The first-order valence-electron chi connectivity index (χ1n) is 6.84. The van der Waals surface area contributed by atoms with Gasteiger partial charge in [0.25, 0.3) is 0 Å². The van der Waals surface area contributed by atoms with Crippen molar-refractivity contribution in [3.63, 3.8) is 0 Å². The van der Waals surface area contributed by atoms with Crippen molar-refractivity contribution in [3.8, 4) is 0 Å². The molecule has 0 saturated carbocycles. The first-order valence-corrected chi connectivity index (χ1v) is 6.84. The molecule has 0 aliphatic carbocycles. The Morgan fingerprint density at radius 3 is 2.61 bits per heavy atom. The predicted octanol–water partition coefficient (Wildman–Crippen LogP) is 4.12. The molecule has 1 rings (SSSR count). The van der Waals surface area contributed by atoms with Gasteiger partial charge in [-0.2, -0.15) is 0 Å². The van der Waals surface area contributed by atoms with E-state index in [0.29, 0.717) is 6.04 Å². The van der Waals surface area contributed by atoms with Crippen molar-refractivity contribution in [1.82, 2.24) is 5.32 Å². The highest BCUT2D eigenvalue weighted by Crippen LogP contribution is 2.04. The van der Waals surface area contributed by atoms with Gasteiger partial charge in [0.1, 0.15) is 0 Å². The van der Waals surface area contributed by atoms with Crippen molar-refractivity contribution >= 4 is 0 Å². The van der Waals surface area contributed by atoms with E-state index >= 15 is 0 Å². The number of hydrogen-bond acceptors (Lipinski definition) is 1. The van der Waals surface area contributed by atoms with Crippen LogP contribution >= 0.6 is 0 Å². The van der Waals surface area contributed by atoms with Crippen LogP contribution in [0.4, 0.5) is 0 Å². The molecule has 0 aliphatic rings. The maximum absolute atomic E-state index is 3.59. The second-order valence-corrected chi connectivity index (χ2v) is 4.68. The molecule has 0 spiro atoms. The maximum Gasteiger partial charge on any atom is 0.0170 e. The third-order valence-corrected chi connectivity index (χ3v) is 3.04. The van der Waals surface area contributed by atoms with E-state index in [1.54, 1.807) is 0 Å². The van der Waals surface area contributed by atoms with Gasteiger partial charge in [-0.1, -0.05) is 61.1 Å². The number of benzene rings is 1. The summed E-state index contributed by atoms with van der Waals surface area (Å²) in [6.07, 6.45) is 8.59. The third kappa shape index (κ3) is 5.83. The van der Waals surface area contributed by atoms with Gasteiger partial charge in [0.2, 0.25) is 0 Å². The standard InChI is InChI=1S/C17H25N/c1-4-6-10-16(5-2)14-18-15(3)13-17-11-8-7-9-12-17/h4,6-12,15,18H,5,13-14H2,1-3H3/b6-4-,16-10+. The van der Waals surface area contributed by atoms with E-state index in [9.17, 15) is 0 Å². The Balaban J connectivity index is 2.38. The summed E-state index contributed by atoms with van der Waals surface area (Å²) in [5.74, 6) is 0. The van der Waals surface area contributed by atoms with Gasteiger partial charge in [0.05, 0.1) is 0 Å². The molecule has 1 unspecified atom stereocenters. The second-order valence-electron chi connectivity index (χ2n) is 4.68. The molecule has 1 atom stereocenters. The number of nitrogens with one attached hydrogen (secondary N) is 1. The summed E-state index contributed by atoms with van der Waals surface area (Å²) in [7, 11) is 0. The van der Waals surface area contributed by atoms with Crippen LogP contribution in [0.15, 0.2) is 54.1 Å². The molecule has 1 aromatic rings. The fourth-order valence-electron chi connectivity index (χ4n) is 1.88. The Kier molecular flexibility index (Phi) is 7.12. The molecule has 1 heteroatoms. The lowest BCUT2D eigenvalue weighted by atomic mass is 10.1. The average Bonchev–Trinajstić information content (AvgIpc) is 2.40. The van der Waals surface area contributed by atoms with Crippen LogP contribution in [0.2, 0.25) is 0 Å². The van der Waals surface area contributed by atoms with Gasteiger partial charge in [-0.05, 0) is 32.3 Å². The summed E-state index contributed by atoms with van der Waals surface area (Å²) in [6, 6.07) is 11.2. The van der Waals surface area contributed by atoms with Crippen LogP contribution < -0.4 is 5.32 Å². The van der Waals surface area contributed by atoms with Crippen molar-refractivity contribution in [2.24, 2.45) is 0 Å². The third-order valence-electron chi connectivity index (χ3n) is 3.04. The lowest BCUT2D eigenvalue weighted by molar-refractivity contribution is 0.568. The van der Waals surface area contributed by atoms with Gasteiger partial charge in [-0.3, -0.25) is 0 Å². The maximum atomic E-state index is 3.59. The molecule has 1 nitrogen and oxygen atoms in total. The van der Waals surface area contributed by atoms with Gasteiger partial charge in [0, 0.05) is 12.6 Å². The fourth-order valence-corrected chi connectivity index (χ4v) is 1.88. The molecular formula is C17H25N. The topological polar surface area (TPSA) is 12.0 Å². The number of allylic oxidation sites excluding steroid dienone is 3. The van der Waals surface area contributed by atoms with E-state index in [1.807, 2.05) is 0 Å². The molecule has 0 radical (unpaired) electrons. The van der Waals surface area contributed by atoms with Crippen LogP contribution in [-0.4, -0.2) is 12.6 Å². The zero-order valence-corrected chi connectivity index (χ0v) is 11.8. The molecule has 1 aromatic carbocycles. The molecule has 0 heterocycles. The van der Waals surface area contributed by atoms with Crippen molar-refractivity contribution < 1.29 is 0 Å². The van der Waals surface area contributed by atoms with Crippen LogP contribution in [-0.2, 0) is 6.42 Å². The van der Waals surface area contributed by atoms with E-state index in [-0.39, 0.29) is 0 Å². The molecular weight excluding hydrogens is 218 g/mol. The van der Waals surface area contributed by atoms with E-state index in [2.05, 4.69) is 74.6 Å². The Labute approximate surface area is 112 Å². The van der Waals surface area contributed by atoms with Crippen LogP contribution in [0, 0.1) is 0 Å². The lowest BCUT2D eigenvalue weighted by Crippen LogP contribution is -2.29. The number of hydrogen-bond donors (Lipinski definition) is 1. The van der Waals surface area contributed by atoms with E-state index < -0.39 is 0 Å². The molecule has 0 saturated heterocycles. The van der Waals surface area contributed by atoms with Crippen LogP contribution in [0.25, 0.3) is 0 Å². The minimum Gasteiger partial charge on any atom is -0.310 e. The summed E-state index contributed by atoms with van der Waals surface area (Å²) in [6.45, 7) is 7.49. The van der Waals surface area contributed by atoms with Gasteiger partial charge >= 0.3 is 0 Å². The van der Waals surface area contributed by atoms with Crippen molar-refractivity contribution in [2.45, 2.75) is 39.7 Å². The van der Waals surface area contributed by atoms with E-state index in [0.717, 1.165) is 19.4 Å². The van der Waals surface area contributed by atoms with Gasteiger partial charge in [-0.25, -0.2) is 0 Å². The Hall–Kier alpha value is -1.34. The molecule has 98 valence electrons. The van der Waals surface area contributed by atoms with Gasteiger partial charge in [0.15, 0.2) is 0 Å². The highest BCUT2D eigenvalue weighted by molar-refractivity contribution is 5.16. The van der Waals surface area contributed by atoms with E-state index in [1.165, 1.54) is 11.1 Å². The highest BCUT2D eigenvalue weighted by atomic mass is 14.9. The monoisotopic (exact) mass is 243 g/mol. The lowest BCUT2D eigenvalue weighted by Gasteiger charge is -2.15. The molecule has 0 aliphatic heterocycles. The van der Waals surface area contributed by atoms with Gasteiger partial charge < -0.3 is 5.32 Å². The summed E-state index contributed by atoms with van der Waals surface area (Å²) >= 11 is 0. The first-order chi connectivity index (χ1) is 8.76. The molecule has 0 bridgehead atoms. The van der Waals surface area contributed by atoms with Crippen LogP contribution in [0.3, 0.4) is 0 Å². The zero-order valence-electron chi connectivity index (χ0n) is 11.8. The highest BCUT2D eigenvalue weighted by Gasteiger charge is 2.03. The summed E-state index contributed by atoms with van der Waals surface area (Å²) in [5, 5.41) is 3.59. The predicted molar refractivity (Wildman–Crippen MR) is 80.8 cm³/mol. The molecule has 0 aromatic heterocycles. The minimum atomic E-state index is 0.507. The van der Waals surface area contributed by atoms with Crippen molar-refractivity contribution in [3.05, 3.63) is 59.7 Å². The Bertz CT molecular complexity index is 376. The summed E-state index contributed by atoms with van der Waals surface area (Å²) < 4.78 is 0. The smallest absolute Gasteiger partial charge is 0.0170 e. The second kappa shape index (κ2) is 8.71. The largest absolute Gasteiger partial charge is 0.310 e. The van der Waals surface area contributed by atoms with E-state index in [4.69, 9.17) is 0 Å². The molecule has 0 fully saturated rings. The van der Waals surface area contributed by atoms with Crippen LogP contribution in [0.1, 0.15) is 32.8 Å². The SMILES string of the molecule is C/C=C\C=C(/CC)CNC(C)Cc1ccccc1. The Morgan fingerprint density at radius 1 is 1.28 bits per heavy atom. The van der Waals surface area contributed by atoms with Crippen molar-refractivity contribution in [1.29, 1.82) is 0 Å². The van der Waals surface area contributed by atoms with Crippen molar-refractivity contribution in [2.75, 3.05) is 6.54 Å². The average molecular weight is 243 g/mol. The van der Waals surface area contributed by atoms with Crippen LogP contribution in [0.5, 0.6) is 0 Å². The Morgan fingerprint density at radius 2 is 2.00 bits per heavy atom. The molecule has 1 N–H and O–H groups in total. The summed E-state index contributed by atoms with van der Waals surface area (Å²) in [4.78, 5) is 0. The molecule has 0 amide bonds. The quantitative estimate of drug-likeness (QED) is 0.710. The summed E-state index contributed by atoms with van der Waals surface area (Å²) in [5.41, 5.74) is 2.85. The number of rotatable bonds is 7. The van der Waals surface area contributed by atoms with Gasteiger partial charge in [-0.15, -0.1) is 0 Å².